The number of halogens is 1. The van der Waals surface area contributed by atoms with Gasteiger partial charge in [0, 0.05) is 53.9 Å². The molecule has 0 radical (unpaired) electrons. The molecule has 48 heavy (non-hydrogen) atoms. The first-order chi connectivity index (χ1) is 27.6. The summed E-state index contributed by atoms with van der Waals surface area (Å²) in [5, 5.41) is 1.49. The minimum atomic E-state index is -3.77. The smallest absolute Gasteiger partial charge is 0.399 e. The van der Waals surface area contributed by atoms with E-state index in [-0.39, 0.29) is 9.79 Å². The lowest BCUT2D eigenvalue weighted by molar-refractivity contribution is 0.00578. The van der Waals surface area contributed by atoms with E-state index in [1.807, 2.05) is 45.9 Å². The normalized spacial score (nSPS) is 16.7. The highest BCUT2D eigenvalue weighted by Crippen LogP contribution is 2.37. The van der Waals surface area contributed by atoms with Gasteiger partial charge in [-0.1, -0.05) is 36.4 Å². The van der Waals surface area contributed by atoms with E-state index in [0.717, 1.165) is 15.3 Å². The summed E-state index contributed by atoms with van der Waals surface area (Å²) in [7, 11) is -8.00. The molecule has 7 rings (SSSR count). The number of rotatable bonds is 5. The Kier molecular flexibility index (Phi) is 7.17. The lowest BCUT2D eigenvalue weighted by Gasteiger charge is -2.32. The van der Waals surface area contributed by atoms with E-state index in [1.54, 1.807) is 93.0 Å². The third-order valence-corrected chi connectivity index (χ3v) is 13.0. The van der Waals surface area contributed by atoms with Crippen LogP contribution < -0.4 is 5.46 Å². The molecule has 0 spiro atoms. The van der Waals surface area contributed by atoms with E-state index in [0.29, 0.717) is 28.1 Å². The zero-order valence-electron chi connectivity index (χ0n) is 37.2. The van der Waals surface area contributed by atoms with Gasteiger partial charge in [0.1, 0.15) is 0 Å². The summed E-state index contributed by atoms with van der Waals surface area (Å²) in [5.41, 5.74) is 1.81. The lowest BCUT2D eigenvalue weighted by Crippen LogP contribution is -2.41. The molecule has 14 heteroatoms. The van der Waals surface area contributed by atoms with E-state index >= 15 is 0 Å². The molecule has 258 valence electrons. The third-order valence-electron chi connectivity index (χ3n) is 8.72. The summed E-state index contributed by atoms with van der Waals surface area (Å²) in [5.74, 6) is 0. The molecule has 4 aromatic heterocycles. The van der Waals surface area contributed by atoms with Gasteiger partial charge in [0.2, 0.25) is 0 Å². The van der Waals surface area contributed by atoms with Gasteiger partial charge in [-0.15, -0.1) is 0 Å². The van der Waals surface area contributed by atoms with Crippen LogP contribution in [0.1, 0.15) is 53.9 Å². The molecule has 1 aliphatic heterocycles. The molecular weight excluding hydrogens is 715 g/mol. The van der Waals surface area contributed by atoms with Crippen LogP contribution in [0, 0.1) is 13.8 Å². The number of pyridine rings is 2. The Morgan fingerprint density at radius 3 is 1.58 bits per heavy atom. The van der Waals surface area contributed by atoms with Crippen LogP contribution in [-0.4, -0.2) is 53.1 Å². The van der Waals surface area contributed by atoms with E-state index in [9.17, 15) is 16.8 Å². The maximum Gasteiger partial charge on any atom is 0.495 e. The summed E-state index contributed by atoms with van der Waals surface area (Å²) in [6.07, 6.45) is 3.18. The van der Waals surface area contributed by atoms with Gasteiger partial charge in [0.15, 0.2) is 11.3 Å². The first kappa shape index (κ1) is 28.1. The Labute approximate surface area is 304 Å². The SMILES string of the molecule is Cc1cc2c(B3OC(C)(C)C(C)(C)O3)ccnc2n1S(=O)(=O)c1ccccc1.Cc1cc2c(Br)ccnc2n1S(=O)(=O)c1ccccc1.[2H][2H].[2H][2H].[2H][2H].[2H][2H].[2H][2H]. The fourth-order valence-corrected chi connectivity index (χ4v) is 9.01. The van der Waals surface area contributed by atoms with Gasteiger partial charge >= 0.3 is 7.12 Å². The fraction of sp³-hybridized carbons (Fsp3) is 0.235. The number of hydrogen-bond donors (Lipinski definition) is 0. The topological polar surface area (TPSA) is 122 Å². The second-order valence-corrected chi connectivity index (χ2v) is 16.9. The quantitative estimate of drug-likeness (QED) is 0.166. The summed E-state index contributed by atoms with van der Waals surface area (Å²) in [6, 6.07) is 24.0. The Morgan fingerprint density at radius 1 is 0.688 bits per heavy atom. The van der Waals surface area contributed by atoms with Crippen LogP contribution in [-0.2, 0) is 29.4 Å². The molecule has 0 amide bonds. The third kappa shape index (κ3) is 5.79. The predicted octanol–water partition coefficient (Wildman–Crippen LogP) is 7.46. The average Bonchev–Trinajstić information content (AvgIpc) is 3.86. The standard InChI is InChI=1S/C20H23BN2O4S.C14H11BrN2O2S.5H2/c1-14-13-16-17(21-26-19(2,3)20(4,5)27-21)11-12-22-18(16)23(14)28(24,25)15-9-7-6-8-10-15;1-10-9-12-13(15)7-8-16-14(12)17(10)20(18,19)11-5-3-2-4-6-11;;;;;/h6-13H,1-5H3;2-9H,1H3;5*1H/i;;5*1+1D. The lowest BCUT2D eigenvalue weighted by atomic mass is 9.78. The van der Waals surface area contributed by atoms with Crippen molar-refractivity contribution in [1.82, 2.24) is 17.9 Å². The highest BCUT2D eigenvalue weighted by Gasteiger charge is 2.52. The monoisotopic (exact) mass is 768 g/mol. The number of aromatic nitrogens is 4. The molecule has 0 atom stereocenters. The number of hydrogen-bond acceptors (Lipinski definition) is 8. The van der Waals surface area contributed by atoms with E-state index in [1.165, 1.54) is 7.94 Å². The van der Waals surface area contributed by atoms with Crippen molar-refractivity contribution in [2.24, 2.45) is 0 Å². The van der Waals surface area contributed by atoms with Gasteiger partial charge in [0.25, 0.3) is 20.0 Å². The highest BCUT2D eigenvalue weighted by atomic mass is 79.9. The predicted molar refractivity (Wildman–Crippen MR) is 201 cm³/mol. The Hall–Kier alpha value is -3.82. The average molecular weight is 770 g/mol. The van der Waals surface area contributed by atoms with Crippen LogP contribution >= 0.6 is 15.9 Å². The van der Waals surface area contributed by atoms with Crippen LogP contribution in [0.15, 0.2) is 112 Å². The summed E-state index contributed by atoms with van der Waals surface area (Å²) < 4.78 is 118. The van der Waals surface area contributed by atoms with Crippen molar-refractivity contribution < 1.29 is 41.0 Å². The summed E-state index contributed by atoms with van der Waals surface area (Å²) in [6.45, 7) is 11.5. The number of fused-ring (bicyclic) bond motifs is 2. The van der Waals surface area contributed by atoms with Crippen molar-refractivity contribution in [2.75, 3.05) is 0 Å². The van der Waals surface area contributed by atoms with Crippen LogP contribution in [0.2, 0.25) is 0 Å². The Morgan fingerprint density at radius 2 is 1.10 bits per heavy atom. The molecule has 10 nitrogen and oxygen atoms in total. The zero-order chi connectivity index (χ0) is 44.6. The zero-order valence-corrected chi connectivity index (χ0v) is 30.5. The number of nitrogens with zero attached hydrogens (tertiary/aromatic N) is 4. The first-order valence-corrected chi connectivity index (χ1v) is 18.8. The van der Waals surface area contributed by atoms with Crippen LogP contribution in [0.25, 0.3) is 22.1 Å². The van der Waals surface area contributed by atoms with E-state index < -0.39 is 38.4 Å². The first-order valence-electron chi connectivity index (χ1n) is 20.1. The van der Waals surface area contributed by atoms with E-state index in [4.69, 9.17) is 24.2 Å². The minimum absolute atomic E-state index is 0.221. The summed E-state index contributed by atoms with van der Waals surface area (Å²) in [4.78, 5) is 9.05. The fourth-order valence-electron chi connectivity index (χ4n) is 5.57. The Bertz CT molecular complexity index is 2400. The van der Waals surface area contributed by atoms with Crippen molar-refractivity contribution in [3.8, 4) is 0 Å². The van der Waals surface area contributed by atoms with Crippen LogP contribution in [0.5, 0.6) is 0 Å². The number of benzene rings is 2. The van der Waals surface area contributed by atoms with Gasteiger partial charge in [-0.25, -0.2) is 34.7 Å². The summed E-state index contributed by atoms with van der Waals surface area (Å²) >= 11 is 3.42. The van der Waals surface area contributed by atoms with Crippen molar-refractivity contribution in [3.63, 3.8) is 0 Å². The molecule has 0 aliphatic carbocycles. The second kappa shape index (κ2) is 12.3. The van der Waals surface area contributed by atoms with Crippen molar-refractivity contribution >= 4 is 70.6 Å². The van der Waals surface area contributed by atoms with Crippen molar-refractivity contribution in [2.45, 2.75) is 62.5 Å². The van der Waals surface area contributed by atoms with E-state index in [2.05, 4.69) is 25.9 Å². The molecule has 0 N–H and O–H groups in total. The van der Waals surface area contributed by atoms with Gasteiger partial charge < -0.3 is 9.31 Å². The molecule has 0 unspecified atom stereocenters. The molecule has 1 aliphatic rings. The maximum atomic E-state index is 13.2. The van der Waals surface area contributed by atoms with Gasteiger partial charge in [-0.2, -0.15) is 0 Å². The maximum absolute atomic E-state index is 13.2. The number of aryl methyl sites for hydroxylation is 2. The second-order valence-electron chi connectivity index (χ2n) is 12.5. The molecule has 2 aromatic carbocycles. The molecule has 0 saturated carbocycles. The minimum Gasteiger partial charge on any atom is -0.399 e. The highest BCUT2D eigenvalue weighted by molar-refractivity contribution is 9.10. The van der Waals surface area contributed by atoms with Gasteiger partial charge in [-0.05, 0) is 111 Å². The van der Waals surface area contributed by atoms with Gasteiger partial charge in [-0.3, -0.25) is 0 Å². The Balaban J connectivity index is 0.000000493. The van der Waals surface area contributed by atoms with Crippen molar-refractivity contribution in [3.05, 3.63) is 113 Å². The van der Waals surface area contributed by atoms with Crippen LogP contribution in [0.4, 0.5) is 0 Å². The van der Waals surface area contributed by atoms with Crippen molar-refractivity contribution in [1.29, 1.82) is 0 Å². The largest absolute Gasteiger partial charge is 0.495 e. The molecular formula is C34H44BBrN4O6S2. The van der Waals surface area contributed by atoms with Gasteiger partial charge in [0.05, 0.1) is 21.0 Å². The molecule has 5 heterocycles. The molecule has 1 fully saturated rings. The molecule has 0 bridgehead atoms. The molecule has 6 aromatic rings. The van der Waals surface area contributed by atoms with Crippen LogP contribution in [0.3, 0.4) is 0 Å². The molecule has 1 saturated heterocycles.